The van der Waals surface area contributed by atoms with E-state index in [-0.39, 0.29) is 5.41 Å². The Morgan fingerprint density at radius 1 is 1.37 bits per heavy atom. The average Bonchev–Trinajstić information content (AvgIpc) is 2.90. The molecule has 0 radical (unpaired) electrons. The van der Waals surface area contributed by atoms with Gasteiger partial charge in [0, 0.05) is 18.3 Å². The molecule has 0 aromatic carbocycles. The van der Waals surface area contributed by atoms with Crippen molar-refractivity contribution in [1.29, 1.82) is 0 Å². The standard InChI is InChI=1S/C16H20O3/c1-4-5-9-16(10-8-14-7-6-11-17-14)18-12-15(2,3)13-19-16/h1,6-8,10-11H,5,9,12-13H2,2-3H3/b10-8+. The number of terminal acetylenes is 1. The van der Waals surface area contributed by atoms with Gasteiger partial charge in [-0.05, 0) is 24.3 Å². The van der Waals surface area contributed by atoms with Crippen LogP contribution in [0.25, 0.3) is 6.08 Å². The minimum atomic E-state index is -0.728. The molecule has 0 N–H and O–H groups in total. The minimum absolute atomic E-state index is 0.0398. The molecule has 0 unspecified atom stereocenters. The summed E-state index contributed by atoms with van der Waals surface area (Å²) in [6, 6.07) is 3.73. The van der Waals surface area contributed by atoms with Gasteiger partial charge in [-0.15, -0.1) is 12.3 Å². The van der Waals surface area contributed by atoms with E-state index in [1.165, 1.54) is 0 Å². The maximum atomic E-state index is 5.93. The lowest BCUT2D eigenvalue weighted by Crippen LogP contribution is -2.46. The van der Waals surface area contributed by atoms with Crippen LogP contribution in [-0.4, -0.2) is 19.0 Å². The fourth-order valence-corrected chi connectivity index (χ4v) is 1.88. The zero-order valence-electron chi connectivity index (χ0n) is 11.5. The summed E-state index contributed by atoms with van der Waals surface area (Å²) in [6.45, 7) is 5.54. The van der Waals surface area contributed by atoms with E-state index in [1.807, 2.05) is 24.3 Å². The average molecular weight is 260 g/mol. The molecule has 3 heteroatoms. The minimum Gasteiger partial charge on any atom is -0.465 e. The Balaban J connectivity index is 2.10. The maximum Gasteiger partial charge on any atom is 0.189 e. The molecule has 1 aliphatic rings. The molecule has 19 heavy (non-hydrogen) atoms. The van der Waals surface area contributed by atoms with Gasteiger partial charge >= 0.3 is 0 Å². The van der Waals surface area contributed by atoms with Crippen molar-refractivity contribution in [2.24, 2.45) is 5.41 Å². The Kier molecular flexibility index (Phi) is 4.14. The predicted octanol–water partition coefficient (Wildman–Crippen LogP) is 3.48. The van der Waals surface area contributed by atoms with Crippen LogP contribution in [-0.2, 0) is 9.47 Å². The first-order valence-electron chi connectivity index (χ1n) is 6.49. The highest BCUT2D eigenvalue weighted by Gasteiger charge is 2.38. The third kappa shape index (κ3) is 3.73. The quantitative estimate of drug-likeness (QED) is 0.777. The van der Waals surface area contributed by atoms with Crippen molar-refractivity contribution in [3.63, 3.8) is 0 Å². The normalized spacial score (nSPS) is 21.3. The van der Waals surface area contributed by atoms with Gasteiger partial charge in [-0.2, -0.15) is 0 Å². The van der Waals surface area contributed by atoms with Gasteiger partial charge in [-0.25, -0.2) is 0 Å². The van der Waals surface area contributed by atoms with E-state index in [4.69, 9.17) is 20.3 Å². The monoisotopic (exact) mass is 260 g/mol. The van der Waals surface area contributed by atoms with Crippen LogP contribution in [0.4, 0.5) is 0 Å². The van der Waals surface area contributed by atoms with Crippen LogP contribution in [0.2, 0.25) is 0 Å². The first-order valence-corrected chi connectivity index (χ1v) is 6.49. The molecule has 0 saturated carbocycles. The number of ether oxygens (including phenoxy) is 2. The summed E-state index contributed by atoms with van der Waals surface area (Å²) in [6.07, 6.45) is 12.0. The Hall–Kier alpha value is -1.50. The zero-order valence-corrected chi connectivity index (χ0v) is 11.5. The van der Waals surface area contributed by atoms with Gasteiger partial charge < -0.3 is 13.9 Å². The molecular formula is C16H20O3. The third-order valence-corrected chi connectivity index (χ3v) is 3.08. The van der Waals surface area contributed by atoms with Crippen molar-refractivity contribution >= 4 is 6.08 Å². The second kappa shape index (κ2) is 5.64. The molecule has 1 aliphatic heterocycles. The lowest BCUT2D eigenvalue weighted by atomic mass is 9.94. The van der Waals surface area contributed by atoms with Crippen LogP contribution in [0.1, 0.15) is 32.4 Å². The van der Waals surface area contributed by atoms with Gasteiger partial charge in [0.05, 0.1) is 19.5 Å². The highest BCUT2D eigenvalue weighted by atomic mass is 16.7. The molecule has 2 heterocycles. The van der Waals surface area contributed by atoms with Crippen molar-refractivity contribution in [3.8, 4) is 12.3 Å². The summed E-state index contributed by atoms with van der Waals surface area (Å²) < 4.78 is 17.1. The van der Waals surface area contributed by atoms with Gasteiger partial charge in [0.1, 0.15) is 5.76 Å². The zero-order chi connectivity index (χ0) is 13.8. The molecule has 2 rings (SSSR count). The van der Waals surface area contributed by atoms with Crippen LogP contribution in [0, 0.1) is 17.8 Å². The number of hydrogen-bond acceptors (Lipinski definition) is 3. The molecule has 0 bridgehead atoms. The summed E-state index contributed by atoms with van der Waals surface area (Å²) in [5, 5.41) is 0. The Morgan fingerprint density at radius 2 is 2.11 bits per heavy atom. The van der Waals surface area contributed by atoms with Crippen molar-refractivity contribution in [3.05, 3.63) is 30.2 Å². The molecular weight excluding hydrogens is 240 g/mol. The summed E-state index contributed by atoms with van der Waals surface area (Å²) in [5.74, 6) is 2.68. The molecule has 102 valence electrons. The third-order valence-electron chi connectivity index (χ3n) is 3.08. The molecule has 0 aliphatic carbocycles. The molecule has 0 amide bonds. The fourth-order valence-electron chi connectivity index (χ4n) is 1.88. The number of hydrogen-bond donors (Lipinski definition) is 0. The van der Waals surface area contributed by atoms with Gasteiger partial charge in [-0.3, -0.25) is 0 Å². The van der Waals surface area contributed by atoms with Gasteiger partial charge in [0.2, 0.25) is 0 Å². The molecule has 0 atom stereocenters. The summed E-state index contributed by atoms with van der Waals surface area (Å²) in [7, 11) is 0. The Bertz CT molecular complexity index is 453. The predicted molar refractivity (Wildman–Crippen MR) is 74.2 cm³/mol. The first-order chi connectivity index (χ1) is 9.05. The van der Waals surface area contributed by atoms with E-state index >= 15 is 0 Å². The SMILES string of the molecule is C#CCCC1(/C=C/c2ccco2)OCC(C)(C)CO1. The summed E-state index contributed by atoms with van der Waals surface area (Å²) in [4.78, 5) is 0. The Labute approximate surface area is 114 Å². The van der Waals surface area contributed by atoms with Crippen LogP contribution in [0.5, 0.6) is 0 Å². The highest BCUT2D eigenvalue weighted by molar-refractivity contribution is 5.43. The topological polar surface area (TPSA) is 31.6 Å². The second-order valence-electron chi connectivity index (χ2n) is 5.61. The first kappa shape index (κ1) is 13.9. The van der Waals surface area contributed by atoms with E-state index in [0.717, 1.165) is 5.76 Å². The van der Waals surface area contributed by atoms with E-state index in [9.17, 15) is 0 Å². The van der Waals surface area contributed by atoms with Gasteiger partial charge in [0.15, 0.2) is 5.79 Å². The summed E-state index contributed by atoms with van der Waals surface area (Å²) >= 11 is 0. The smallest absolute Gasteiger partial charge is 0.189 e. The van der Waals surface area contributed by atoms with Crippen LogP contribution >= 0.6 is 0 Å². The Morgan fingerprint density at radius 3 is 2.68 bits per heavy atom. The fraction of sp³-hybridized carbons (Fsp3) is 0.500. The lowest BCUT2D eigenvalue weighted by Gasteiger charge is -2.41. The summed E-state index contributed by atoms with van der Waals surface area (Å²) in [5.41, 5.74) is 0.0398. The molecule has 1 aromatic heterocycles. The van der Waals surface area contributed by atoms with Crippen molar-refractivity contribution < 1.29 is 13.9 Å². The van der Waals surface area contributed by atoms with Crippen molar-refractivity contribution in [1.82, 2.24) is 0 Å². The molecule has 3 nitrogen and oxygen atoms in total. The van der Waals surface area contributed by atoms with Crippen molar-refractivity contribution in [2.45, 2.75) is 32.5 Å². The van der Waals surface area contributed by atoms with Gasteiger partial charge in [-0.1, -0.05) is 13.8 Å². The van der Waals surface area contributed by atoms with Gasteiger partial charge in [0.25, 0.3) is 0 Å². The highest BCUT2D eigenvalue weighted by Crippen LogP contribution is 2.33. The van der Waals surface area contributed by atoms with E-state index in [2.05, 4.69) is 19.8 Å². The van der Waals surface area contributed by atoms with Crippen LogP contribution in [0.15, 0.2) is 28.9 Å². The number of rotatable bonds is 4. The maximum absolute atomic E-state index is 5.93. The largest absolute Gasteiger partial charge is 0.465 e. The molecule has 1 fully saturated rings. The van der Waals surface area contributed by atoms with E-state index < -0.39 is 5.79 Å². The molecule has 1 saturated heterocycles. The van der Waals surface area contributed by atoms with Crippen molar-refractivity contribution in [2.75, 3.05) is 13.2 Å². The lowest BCUT2D eigenvalue weighted by molar-refractivity contribution is -0.273. The van der Waals surface area contributed by atoms with Crippen LogP contribution in [0.3, 0.4) is 0 Å². The van der Waals surface area contributed by atoms with Crippen LogP contribution < -0.4 is 0 Å². The van der Waals surface area contributed by atoms with E-state index in [0.29, 0.717) is 26.1 Å². The molecule has 0 spiro atoms. The number of furan rings is 1. The second-order valence-corrected chi connectivity index (χ2v) is 5.61. The molecule has 1 aromatic rings. The van der Waals surface area contributed by atoms with E-state index in [1.54, 1.807) is 6.26 Å².